The van der Waals surface area contributed by atoms with Crippen LogP contribution in [0.5, 0.6) is 0 Å². The topological polar surface area (TPSA) is 69.2 Å². The minimum absolute atomic E-state index is 0.290. The molecule has 2 aromatic carbocycles. The number of thioether (sulfide) groups is 1. The molecule has 0 aromatic heterocycles. The Kier molecular flexibility index (Phi) is 6.33. The highest BCUT2D eigenvalue weighted by Crippen LogP contribution is 2.32. The van der Waals surface area contributed by atoms with Gasteiger partial charge in [-0.3, -0.25) is 4.79 Å². The number of aliphatic carboxylic acids is 1. The molecule has 1 N–H and O–H groups in total. The van der Waals surface area contributed by atoms with E-state index in [0.717, 1.165) is 11.8 Å². The third-order valence-corrected chi connectivity index (χ3v) is 4.67. The lowest BCUT2D eigenvalue weighted by Gasteiger charge is -2.18. The van der Waals surface area contributed by atoms with Crippen LogP contribution in [0.1, 0.15) is 10.8 Å². The fourth-order valence-corrected chi connectivity index (χ4v) is 3.21. The van der Waals surface area contributed by atoms with Crippen LogP contribution < -0.4 is 10.4 Å². The minimum Gasteiger partial charge on any atom is -0.549 e. The molecule has 0 saturated heterocycles. The first kappa shape index (κ1) is 17.7. The van der Waals surface area contributed by atoms with Crippen molar-refractivity contribution < 1.29 is 14.7 Å². The third-order valence-electron chi connectivity index (χ3n) is 2.90. The van der Waals surface area contributed by atoms with Gasteiger partial charge in [-0.15, -0.1) is 11.8 Å². The highest BCUT2D eigenvalue weighted by Gasteiger charge is 2.22. The number of hydrogen-bond acceptors (Lipinski definition) is 4. The van der Waals surface area contributed by atoms with Gasteiger partial charge in [-0.05, 0) is 23.8 Å². The van der Waals surface area contributed by atoms with Gasteiger partial charge in [0.2, 0.25) is 5.91 Å². The van der Waals surface area contributed by atoms with E-state index in [1.54, 1.807) is 36.4 Å². The Hall–Kier alpha value is -1.69. The van der Waals surface area contributed by atoms with Crippen molar-refractivity contribution in [3.8, 4) is 0 Å². The molecule has 2 aromatic rings. The summed E-state index contributed by atoms with van der Waals surface area (Å²) in [5.41, 5.74) is 1.11. The number of rotatable bonds is 6. The number of carboxylic acids is 1. The van der Waals surface area contributed by atoms with Crippen molar-refractivity contribution in [2.75, 3.05) is 11.1 Å². The first-order valence-electron chi connectivity index (χ1n) is 6.59. The summed E-state index contributed by atoms with van der Waals surface area (Å²) >= 11 is 12.8. The van der Waals surface area contributed by atoms with Crippen molar-refractivity contribution >= 4 is 52.5 Å². The van der Waals surface area contributed by atoms with Crippen molar-refractivity contribution in [1.29, 1.82) is 0 Å². The Morgan fingerprint density at radius 1 is 1.13 bits per heavy atom. The molecule has 7 heteroatoms. The van der Waals surface area contributed by atoms with Crippen LogP contribution in [0.3, 0.4) is 0 Å². The molecule has 0 heterocycles. The lowest BCUT2D eigenvalue weighted by atomic mass is 10.1. The summed E-state index contributed by atoms with van der Waals surface area (Å²) in [7, 11) is 0. The van der Waals surface area contributed by atoms with Gasteiger partial charge < -0.3 is 15.2 Å². The van der Waals surface area contributed by atoms with Crippen LogP contribution >= 0.6 is 35.0 Å². The summed E-state index contributed by atoms with van der Waals surface area (Å²) in [6.45, 7) is 0. The summed E-state index contributed by atoms with van der Waals surface area (Å²) in [6.07, 6.45) is 0. The maximum atomic E-state index is 12.5. The molecule has 0 spiro atoms. The zero-order valence-corrected chi connectivity index (χ0v) is 14.1. The summed E-state index contributed by atoms with van der Waals surface area (Å²) in [5.74, 6) is -1.89. The second kappa shape index (κ2) is 8.24. The van der Waals surface area contributed by atoms with Crippen molar-refractivity contribution in [2.24, 2.45) is 0 Å². The number of benzene rings is 2. The van der Waals surface area contributed by atoms with Crippen LogP contribution in [-0.2, 0) is 9.59 Å². The van der Waals surface area contributed by atoms with E-state index in [4.69, 9.17) is 23.2 Å². The number of halogens is 2. The van der Waals surface area contributed by atoms with Gasteiger partial charge >= 0.3 is 0 Å². The predicted molar refractivity (Wildman–Crippen MR) is 91.7 cm³/mol. The Bertz CT molecular complexity index is 710. The summed E-state index contributed by atoms with van der Waals surface area (Å²) in [4.78, 5) is 23.2. The SMILES string of the molecule is O=C([O-])CS[C@@H](C(=O)Nc1ccc(Cl)cc1Cl)c1ccccc1. The normalized spacial score (nSPS) is 11.7. The molecule has 0 unspecified atom stereocenters. The first-order chi connectivity index (χ1) is 11.0. The molecule has 23 heavy (non-hydrogen) atoms. The van der Waals surface area contributed by atoms with Crippen molar-refractivity contribution in [1.82, 2.24) is 0 Å². The molecule has 0 aliphatic carbocycles. The van der Waals surface area contributed by atoms with Gasteiger partial charge in [0.25, 0.3) is 0 Å². The zero-order chi connectivity index (χ0) is 16.8. The van der Waals surface area contributed by atoms with Gasteiger partial charge in [-0.25, -0.2) is 0 Å². The first-order valence-corrected chi connectivity index (χ1v) is 8.40. The van der Waals surface area contributed by atoms with E-state index in [-0.39, 0.29) is 11.7 Å². The van der Waals surface area contributed by atoms with Gasteiger partial charge in [0, 0.05) is 10.8 Å². The number of hydrogen-bond donors (Lipinski definition) is 1. The fraction of sp³-hybridized carbons (Fsp3) is 0.125. The molecule has 0 bridgehead atoms. The molecule has 2 rings (SSSR count). The van der Waals surface area contributed by atoms with E-state index in [0.29, 0.717) is 21.3 Å². The smallest absolute Gasteiger partial charge is 0.242 e. The molecule has 0 aliphatic rings. The number of carboxylic acid groups (broad SMARTS) is 1. The lowest BCUT2D eigenvalue weighted by molar-refractivity contribution is -0.301. The number of amides is 1. The molecule has 0 radical (unpaired) electrons. The Labute approximate surface area is 147 Å². The van der Waals surface area contributed by atoms with E-state index < -0.39 is 11.2 Å². The van der Waals surface area contributed by atoms with Crippen LogP contribution in [0.4, 0.5) is 5.69 Å². The van der Waals surface area contributed by atoms with Gasteiger partial charge in [-0.2, -0.15) is 0 Å². The van der Waals surface area contributed by atoms with Crippen LogP contribution in [0.25, 0.3) is 0 Å². The van der Waals surface area contributed by atoms with Crippen molar-refractivity contribution in [3.05, 3.63) is 64.1 Å². The number of carbonyl (C=O) groups is 2. The van der Waals surface area contributed by atoms with Crippen molar-refractivity contribution in [3.63, 3.8) is 0 Å². The van der Waals surface area contributed by atoms with Gasteiger partial charge in [0.15, 0.2) is 0 Å². The summed E-state index contributed by atoms with van der Waals surface area (Å²) in [5, 5.41) is 13.5. The average molecular weight is 369 g/mol. The molecule has 120 valence electrons. The molecular weight excluding hydrogens is 357 g/mol. The maximum absolute atomic E-state index is 12.5. The lowest BCUT2D eigenvalue weighted by Crippen LogP contribution is -2.27. The van der Waals surface area contributed by atoms with Gasteiger partial charge in [-0.1, -0.05) is 53.5 Å². The second-order valence-corrected chi connectivity index (χ2v) is 6.52. The summed E-state index contributed by atoms with van der Waals surface area (Å²) in [6, 6.07) is 13.6. The monoisotopic (exact) mass is 368 g/mol. The number of carbonyl (C=O) groups excluding carboxylic acids is 2. The van der Waals surface area contributed by atoms with Crippen LogP contribution in [-0.4, -0.2) is 17.6 Å². The number of nitrogens with one attached hydrogen (secondary N) is 1. The second-order valence-electron chi connectivity index (χ2n) is 4.59. The average Bonchev–Trinajstić information content (AvgIpc) is 2.51. The molecular formula is C16H12Cl2NO3S-. The predicted octanol–water partition coefficient (Wildman–Crippen LogP) is 3.16. The Balaban J connectivity index is 2.20. The molecule has 4 nitrogen and oxygen atoms in total. The van der Waals surface area contributed by atoms with E-state index in [1.165, 1.54) is 6.07 Å². The molecule has 1 amide bonds. The molecule has 0 aliphatic heterocycles. The zero-order valence-electron chi connectivity index (χ0n) is 11.8. The summed E-state index contributed by atoms with van der Waals surface area (Å²) < 4.78 is 0. The standard InChI is InChI=1S/C16H13Cl2NO3S/c17-11-6-7-13(12(18)8-11)19-16(22)15(23-9-14(20)21)10-4-2-1-3-5-10/h1-8,15H,9H2,(H,19,22)(H,20,21)/p-1/t15-/m1/s1. The van der Waals surface area contributed by atoms with Crippen LogP contribution in [0, 0.1) is 0 Å². The highest BCUT2D eigenvalue weighted by atomic mass is 35.5. The van der Waals surface area contributed by atoms with E-state index >= 15 is 0 Å². The number of anilines is 1. The quantitative estimate of drug-likeness (QED) is 0.849. The van der Waals surface area contributed by atoms with E-state index in [2.05, 4.69) is 5.32 Å². The Morgan fingerprint density at radius 2 is 1.83 bits per heavy atom. The van der Waals surface area contributed by atoms with E-state index in [9.17, 15) is 14.7 Å². The largest absolute Gasteiger partial charge is 0.549 e. The Morgan fingerprint density at radius 3 is 2.43 bits per heavy atom. The fourth-order valence-electron chi connectivity index (χ4n) is 1.89. The highest BCUT2D eigenvalue weighted by molar-refractivity contribution is 8.00. The maximum Gasteiger partial charge on any atom is 0.242 e. The molecule has 1 atom stereocenters. The van der Waals surface area contributed by atoms with Gasteiger partial charge in [0.05, 0.1) is 16.7 Å². The van der Waals surface area contributed by atoms with Crippen LogP contribution in [0.2, 0.25) is 10.0 Å². The van der Waals surface area contributed by atoms with Crippen molar-refractivity contribution in [2.45, 2.75) is 5.25 Å². The van der Waals surface area contributed by atoms with Crippen LogP contribution in [0.15, 0.2) is 48.5 Å². The van der Waals surface area contributed by atoms with Gasteiger partial charge in [0.1, 0.15) is 5.25 Å². The third kappa shape index (κ3) is 5.16. The van der Waals surface area contributed by atoms with E-state index in [1.807, 2.05) is 6.07 Å². The molecule has 0 saturated carbocycles. The molecule has 0 fully saturated rings. The minimum atomic E-state index is -1.23.